The number of likely N-dealkylation sites (tertiary alicyclic amines) is 1. The highest BCUT2D eigenvalue weighted by Crippen LogP contribution is 2.16. The van der Waals surface area contributed by atoms with Crippen molar-refractivity contribution < 1.29 is 13.9 Å². The number of piperidine rings is 1. The largest absolute Gasteiger partial charge is 0.472 e. The third kappa shape index (κ3) is 3.33. The number of furan rings is 1. The molecule has 0 aromatic carbocycles. The van der Waals surface area contributed by atoms with E-state index in [0.29, 0.717) is 11.7 Å². The van der Waals surface area contributed by atoms with Gasteiger partial charge in [-0.2, -0.15) is 0 Å². The highest BCUT2D eigenvalue weighted by Gasteiger charge is 2.24. The van der Waals surface area contributed by atoms with Crippen LogP contribution in [0.1, 0.15) is 23.2 Å². The monoisotopic (exact) mass is 301 g/mol. The van der Waals surface area contributed by atoms with Crippen molar-refractivity contribution in [1.29, 1.82) is 0 Å². The minimum Gasteiger partial charge on any atom is -0.472 e. The van der Waals surface area contributed by atoms with Crippen molar-refractivity contribution in [2.24, 2.45) is 0 Å². The number of ether oxygens (including phenoxy) is 1. The summed E-state index contributed by atoms with van der Waals surface area (Å²) in [7, 11) is 0. The molecule has 1 aliphatic rings. The molecule has 0 unspecified atom stereocenters. The van der Waals surface area contributed by atoms with E-state index in [-0.39, 0.29) is 5.91 Å². The smallest absolute Gasteiger partial charge is 0.257 e. The van der Waals surface area contributed by atoms with Gasteiger partial charge in [0.25, 0.3) is 5.91 Å². The standard InChI is InChI=1S/C12H16BrNO3/c13-4-8-17-11-1-5-14(6-2-11)12(15)10-3-7-16-9-10/h3,7,9,11H,1-2,4-6,8H2. The molecule has 1 amide bonds. The number of rotatable bonds is 4. The van der Waals surface area contributed by atoms with Crippen molar-refractivity contribution in [1.82, 2.24) is 4.90 Å². The van der Waals surface area contributed by atoms with E-state index in [9.17, 15) is 4.79 Å². The lowest BCUT2D eigenvalue weighted by Gasteiger charge is -2.31. The second kappa shape index (κ2) is 6.21. The van der Waals surface area contributed by atoms with Crippen LogP contribution in [0, 0.1) is 0 Å². The SMILES string of the molecule is O=C(c1ccoc1)N1CCC(OCCBr)CC1. The summed E-state index contributed by atoms with van der Waals surface area (Å²) in [6.07, 6.45) is 5.14. The van der Waals surface area contributed by atoms with Crippen molar-refractivity contribution in [3.63, 3.8) is 0 Å². The zero-order valence-electron chi connectivity index (χ0n) is 9.60. The predicted octanol–water partition coefficient (Wildman–Crippen LogP) is 2.30. The molecule has 0 bridgehead atoms. The Balaban J connectivity index is 1.81. The first kappa shape index (κ1) is 12.6. The first-order chi connectivity index (χ1) is 8.31. The molecule has 94 valence electrons. The molecule has 0 radical (unpaired) electrons. The highest BCUT2D eigenvalue weighted by atomic mass is 79.9. The minimum atomic E-state index is 0.0534. The maximum atomic E-state index is 12.0. The Labute approximate surface area is 109 Å². The summed E-state index contributed by atoms with van der Waals surface area (Å²) >= 11 is 3.34. The van der Waals surface area contributed by atoms with E-state index in [1.807, 2.05) is 4.90 Å². The van der Waals surface area contributed by atoms with Gasteiger partial charge in [0.15, 0.2) is 0 Å². The topological polar surface area (TPSA) is 42.7 Å². The quantitative estimate of drug-likeness (QED) is 0.802. The van der Waals surface area contributed by atoms with Crippen LogP contribution >= 0.6 is 15.9 Å². The number of hydrogen-bond acceptors (Lipinski definition) is 3. The van der Waals surface area contributed by atoms with Crippen LogP contribution in [0.3, 0.4) is 0 Å². The van der Waals surface area contributed by atoms with Crippen LogP contribution in [0.4, 0.5) is 0 Å². The lowest BCUT2D eigenvalue weighted by molar-refractivity contribution is 0.0160. The molecule has 2 rings (SSSR count). The fourth-order valence-corrected chi connectivity index (χ4v) is 2.19. The number of carbonyl (C=O) groups is 1. The average molecular weight is 302 g/mol. The molecule has 0 atom stereocenters. The van der Waals surface area contributed by atoms with Crippen LogP contribution in [0.15, 0.2) is 23.0 Å². The fraction of sp³-hybridized carbons (Fsp3) is 0.583. The van der Waals surface area contributed by atoms with Gasteiger partial charge in [-0.05, 0) is 18.9 Å². The molecule has 5 heteroatoms. The minimum absolute atomic E-state index is 0.0534. The number of carbonyl (C=O) groups excluding carboxylic acids is 1. The molecule has 1 fully saturated rings. The fourth-order valence-electron chi connectivity index (χ4n) is 2.01. The summed E-state index contributed by atoms with van der Waals surface area (Å²) in [6, 6.07) is 1.70. The summed E-state index contributed by atoms with van der Waals surface area (Å²) in [5, 5.41) is 0.862. The van der Waals surface area contributed by atoms with Crippen LogP contribution in [-0.2, 0) is 4.74 Å². The van der Waals surface area contributed by atoms with Crippen LogP contribution in [-0.4, -0.2) is 41.9 Å². The van der Waals surface area contributed by atoms with Crippen molar-refractivity contribution in [3.05, 3.63) is 24.2 Å². The van der Waals surface area contributed by atoms with Gasteiger partial charge in [-0.15, -0.1) is 0 Å². The molecule has 1 aromatic heterocycles. The zero-order valence-corrected chi connectivity index (χ0v) is 11.2. The van der Waals surface area contributed by atoms with Gasteiger partial charge in [0.05, 0.1) is 24.5 Å². The maximum Gasteiger partial charge on any atom is 0.257 e. The van der Waals surface area contributed by atoms with Crippen molar-refractivity contribution >= 4 is 21.8 Å². The molecule has 4 nitrogen and oxygen atoms in total. The molecule has 17 heavy (non-hydrogen) atoms. The number of amides is 1. The first-order valence-electron chi connectivity index (χ1n) is 5.80. The molecular weight excluding hydrogens is 286 g/mol. The molecule has 1 aliphatic heterocycles. The Morgan fingerprint density at radius 2 is 2.29 bits per heavy atom. The second-order valence-corrected chi connectivity index (χ2v) is 4.86. The molecular formula is C12H16BrNO3. The number of nitrogens with zero attached hydrogens (tertiary/aromatic N) is 1. The maximum absolute atomic E-state index is 12.0. The Hall–Kier alpha value is -0.810. The number of hydrogen-bond donors (Lipinski definition) is 0. The van der Waals surface area contributed by atoms with Gasteiger partial charge in [0.2, 0.25) is 0 Å². The summed E-state index contributed by atoms with van der Waals surface area (Å²) in [6.45, 7) is 2.26. The normalized spacial score (nSPS) is 17.4. The van der Waals surface area contributed by atoms with Gasteiger partial charge >= 0.3 is 0 Å². The van der Waals surface area contributed by atoms with E-state index in [2.05, 4.69) is 15.9 Å². The van der Waals surface area contributed by atoms with E-state index >= 15 is 0 Å². The molecule has 0 aliphatic carbocycles. The lowest BCUT2D eigenvalue weighted by Crippen LogP contribution is -2.40. The number of alkyl halides is 1. The zero-order chi connectivity index (χ0) is 12.1. The van der Waals surface area contributed by atoms with Crippen molar-refractivity contribution in [2.45, 2.75) is 18.9 Å². The van der Waals surface area contributed by atoms with Crippen LogP contribution < -0.4 is 0 Å². The molecule has 0 saturated carbocycles. The summed E-state index contributed by atoms with van der Waals surface area (Å²) < 4.78 is 10.6. The van der Waals surface area contributed by atoms with Gasteiger partial charge < -0.3 is 14.1 Å². The van der Waals surface area contributed by atoms with Crippen LogP contribution in [0.2, 0.25) is 0 Å². The highest BCUT2D eigenvalue weighted by molar-refractivity contribution is 9.09. The summed E-state index contributed by atoms with van der Waals surface area (Å²) in [5.74, 6) is 0.0534. The van der Waals surface area contributed by atoms with E-state index in [1.54, 1.807) is 6.07 Å². The third-order valence-corrected chi connectivity index (χ3v) is 3.25. The van der Waals surface area contributed by atoms with Gasteiger partial charge in [-0.1, -0.05) is 15.9 Å². The molecule has 1 saturated heterocycles. The van der Waals surface area contributed by atoms with E-state index < -0.39 is 0 Å². The van der Waals surface area contributed by atoms with Gasteiger partial charge in [-0.3, -0.25) is 4.79 Å². The Morgan fingerprint density at radius 1 is 1.53 bits per heavy atom. The van der Waals surface area contributed by atoms with Crippen molar-refractivity contribution in [2.75, 3.05) is 25.0 Å². The van der Waals surface area contributed by atoms with E-state index in [1.165, 1.54) is 12.5 Å². The average Bonchev–Trinajstić information content (AvgIpc) is 2.90. The van der Waals surface area contributed by atoms with Gasteiger partial charge in [-0.25, -0.2) is 0 Å². The predicted molar refractivity (Wildman–Crippen MR) is 67.4 cm³/mol. The molecule has 2 heterocycles. The van der Waals surface area contributed by atoms with Gasteiger partial charge in [0.1, 0.15) is 6.26 Å². The first-order valence-corrected chi connectivity index (χ1v) is 6.92. The second-order valence-electron chi connectivity index (χ2n) is 4.06. The summed E-state index contributed by atoms with van der Waals surface area (Å²) in [4.78, 5) is 13.9. The number of halogens is 1. The Kier molecular flexibility index (Phi) is 4.62. The molecule has 0 spiro atoms. The molecule has 0 N–H and O–H groups in total. The van der Waals surface area contributed by atoms with Gasteiger partial charge in [0, 0.05) is 18.4 Å². The van der Waals surface area contributed by atoms with Crippen molar-refractivity contribution in [3.8, 4) is 0 Å². The summed E-state index contributed by atoms with van der Waals surface area (Å²) in [5.41, 5.74) is 0.629. The van der Waals surface area contributed by atoms with Crippen LogP contribution in [0.5, 0.6) is 0 Å². The lowest BCUT2D eigenvalue weighted by atomic mass is 10.1. The Bertz CT molecular complexity index is 345. The Morgan fingerprint density at radius 3 is 2.88 bits per heavy atom. The van der Waals surface area contributed by atoms with E-state index in [4.69, 9.17) is 9.15 Å². The van der Waals surface area contributed by atoms with E-state index in [0.717, 1.165) is 37.9 Å². The van der Waals surface area contributed by atoms with Crippen LogP contribution in [0.25, 0.3) is 0 Å². The molecule has 1 aromatic rings. The third-order valence-electron chi connectivity index (χ3n) is 2.93.